The second-order valence-corrected chi connectivity index (χ2v) is 6.84. The lowest BCUT2D eigenvalue weighted by molar-refractivity contribution is 0.0997. The number of amides is 3. The highest BCUT2D eigenvalue weighted by Crippen LogP contribution is 2.37. The zero-order valence-electron chi connectivity index (χ0n) is 14.4. The van der Waals surface area contributed by atoms with Crippen LogP contribution in [0.3, 0.4) is 0 Å². The minimum Gasteiger partial charge on any atom is -0.450 e. The van der Waals surface area contributed by atoms with Gasteiger partial charge in [-0.3, -0.25) is 14.3 Å². The van der Waals surface area contributed by atoms with Gasteiger partial charge in [0.25, 0.3) is 11.8 Å². The number of ether oxygens (including phenoxy) is 1. The number of carbonyl (C=O) groups is 3. The molecule has 0 spiro atoms. The molecule has 10 heteroatoms. The molecule has 3 amide bonds. The van der Waals surface area contributed by atoms with Gasteiger partial charge in [-0.05, 0) is 25.0 Å². The summed E-state index contributed by atoms with van der Waals surface area (Å²) in [5.74, 6) is -0.985. The van der Waals surface area contributed by atoms with Crippen LogP contribution in [0.15, 0.2) is 12.3 Å². The third-order valence-corrected chi connectivity index (χ3v) is 5.24. The van der Waals surface area contributed by atoms with Crippen molar-refractivity contribution < 1.29 is 19.1 Å². The third-order valence-electron chi connectivity index (χ3n) is 4.11. The molecule has 2 aromatic heterocycles. The molecular weight excluding hydrogens is 358 g/mol. The van der Waals surface area contributed by atoms with Crippen molar-refractivity contribution in [2.75, 3.05) is 18.5 Å². The van der Waals surface area contributed by atoms with E-state index in [2.05, 4.69) is 10.4 Å². The number of carbonyl (C=O) groups excluding carboxylic acids is 3. The number of anilines is 1. The van der Waals surface area contributed by atoms with Gasteiger partial charge in [0.1, 0.15) is 10.7 Å². The number of hydrogen-bond donors (Lipinski definition) is 2. The Morgan fingerprint density at radius 3 is 2.81 bits per heavy atom. The van der Waals surface area contributed by atoms with Gasteiger partial charge in [0.15, 0.2) is 0 Å². The van der Waals surface area contributed by atoms with Gasteiger partial charge >= 0.3 is 6.09 Å². The van der Waals surface area contributed by atoms with E-state index in [0.29, 0.717) is 42.4 Å². The molecule has 0 fully saturated rings. The van der Waals surface area contributed by atoms with Crippen molar-refractivity contribution >= 4 is 34.2 Å². The molecule has 0 aromatic carbocycles. The molecule has 1 aliphatic heterocycles. The average molecular weight is 377 g/mol. The number of aryl methyl sites for hydroxylation is 1. The molecule has 0 radical (unpaired) electrons. The molecule has 3 N–H and O–H groups in total. The number of hydrogen-bond acceptors (Lipinski definition) is 6. The van der Waals surface area contributed by atoms with Crippen LogP contribution in [0.2, 0.25) is 0 Å². The smallest absolute Gasteiger partial charge is 0.410 e. The third kappa shape index (κ3) is 3.27. The number of nitrogens with two attached hydrogens (primary N) is 1. The zero-order chi connectivity index (χ0) is 18.8. The van der Waals surface area contributed by atoms with E-state index in [4.69, 9.17) is 10.5 Å². The number of primary amides is 1. The van der Waals surface area contributed by atoms with Crippen molar-refractivity contribution in [3.05, 3.63) is 34.0 Å². The van der Waals surface area contributed by atoms with Crippen molar-refractivity contribution in [1.29, 1.82) is 0 Å². The highest BCUT2D eigenvalue weighted by molar-refractivity contribution is 7.17. The highest BCUT2D eigenvalue weighted by Gasteiger charge is 2.30. The molecule has 2 aromatic rings. The Morgan fingerprint density at radius 1 is 1.42 bits per heavy atom. The first-order valence-electron chi connectivity index (χ1n) is 8.07. The molecule has 0 aliphatic carbocycles. The van der Waals surface area contributed by atoms with Crippen molar-refractivity contribution in [2.45, 2.75) is 19.9 Å². The minimum atomic E-state index is -0.604. The van der Waals surface area contributed by atoms with Crippen LogP contribution >= 0.6 is 11.3 Å². The second-order valence-electron chi connectivity index (χ2n) is 5.74. The van der Waals surface area contributed by atoms with E-state index in [1.807, 2.05) is 0 Å². The number of thiophene rings is 1. The van der Waals surface area contributed by atoms with Crippen LogP contribution in [-0.4, -0.2) is 45.7 Å². The molecule has 0 saturated heterocycles. The fourth-order valence-electron chi connectivity index (χ4n) is 2.89. The minimum absolute atomic E-state index is 0.297. The van der Waals surface area contributed by atoms with Crippen LogP contribution in [0, 0.1) is 0 Å². The lowest BCUT2D eigenvalue weighted by Crippen LogP contribution is -2.36. The summed E-state index contributed by atoms with van der Waals surface area (Å²) in [4.78, 5) is 38.7. The van der Waals surface area contributed by atoms with Gasteiger partial charge < -0.3 is 20.7 Å². The van der Waals surface area contributed by atoms with Gasteiger partial charge in [-0.1, -0.05) is 0 Å². The molecule has 0 bridgehead atoms. The SMILES string of the molecule is CCOC(=O)N1CCc2c(sc(NC(=O)c3ccnn3C)c2C(N)=O)C1. The molecule has 9 nitrogen and oxygen atoms in total. The largest absolute Gasteiger partial charge is 0.450 e. The van der Waals surface area contributed by atoms with E-state index in [9.17, 15) is 14.4 Å². The summed E-state index contributed by atoms with van der Waals surface area (Å²) in [7, 11) is 1.65. The number of nitrogens with one attached hydrogen (secondary N) is 1. The Labute approximate surface area is 153 Å². The lowest BCUT2D eigenvalue weighted by atomic mass is 10.0. The van der Waals surface area contributed by atoms with E-state index in [0.717, 1.165) is 10.4 Å². The fourth-order valence-corrected chi connectivity index (χ4v) is 4.15. The maximum Gasteiger partial charge on any atom is 0.410 e. The predicted octanol–water partition coefficient (Wildman–Crippen LogP) is 1.35. The van der Waals surface area contributed by atoms with Crippen molar-refractivity contribution in [2.24, 2.45) is 12.8 Å². The van der Waals surface area contributed by atoms with E-state index < -0.39 is 12.0 Å². The maximum absolute atomic E-state index is 12.4. The lowest BCUT2D eigenvalue weighted by Gasteiger charge is -2.26. The molecule has 0 atom stereocenters. The second kappa shape index (κ2) is 7.16. The van der Waals surface area contributed by atoms with E-state index in [-0.39, 0.29) is 5.91 Å². The Bertz CT molecular complexity index is 872. The number of fused-ring (bicyclic) bond motifs is 1. The highest BCUT2D eigenvalue weighted by atomic mass is 32.1. The Balaban J connectivity index is 1.88. The van der Waals surface area contributed by atoms with E-state index in [1.54, 1.807) is 24.9 Å². The van der Waals surface area contributed by atoms with E-state index in [1.165, 1.54) is 22.2 Å². The topological polar surface area (TPSA) is 120 Å². The van der Waals surface area contributed by atoms with Gasteiger partial charge in [0, 0.05) is 24.7 Å². The Kier molecular flexibility index (Phi) is 4.94. The number of nitrogens with zero attached hydrogens (tertiary/aromatic N) is 3. The molecular formula is C16H19N5O4S. The predicted molar refractivity (Wildman–Crippen MR) is 95.1 cm³/mol. The van der Waals surface area contributed by atoms with Gasteiger partial charge in [-0.25, -0.2) is 4.79 Å². The van der Waals surface area contributed by atoms with Crippen molar-refractivity contribution in [1.82, 2.24) is 14.7 Å². The van der Waals surface area contributed by atoms with Crippen LogP contribution < -0.4 is 11.1 Å². The molecule has 0 unspecified atom stereocenters. The maximum atomic E-state index is 12.4. The summed E-state index contributed by atoms with van der Waals surface area (Å²) in [6, 6.07) is 1.58. The fraction of sp³-hybridized carbons (Fsp3) is 0.375. The molecule has 0 saturated carbocycles. The normalized spacial score (nSPS) is 13.2. The standard InChI is InChI=1S/C16H19N5O4S/c1-3-25-16(24)21-7-5-9-11(8-21)26-15(12(9)13(17)22)19-14(23)10-4-6-18-20(10)2/h4,6H,3,5,7-8H2,1-2H3,(H2,17,22)(H,19,23). The number of rotatable bonds is 4. The van der Waals surface area contributed by atoms with Crippen LogP contribution in [0.25, 0.3) is 0 Å². The molecule has 3 rings (SSSR count). The van der Waals surface area contributed by atoms with Gasteiger partial charge in [-0.15, -0.1) is 11.3 Å². The summed E-state index contributed by atoms with van der Waals surface area (Å²) in [5.41, 5.74) is 6.99. The van der Waals surface area contributed by atoms with Crippen LogP contribution in [0.1, 0.15) is 38.2 Å². The van der Waals surface area contributed by atoms with Gasteiger partial charge in [0.05, 0.1) is 18.7 Å². The summed E-state index contributed by atoms with van der Waals surface area (Å²) < 4.78 is 6.47. The average Bonchev–Trinajstić information content (AvgIpc) is 3.17. The zero-order valence-corrected chi connectivity index (χ0v) is 15.3. The molecule has 138 valence electrons. The molecule has 26 heavy (non-hydrogen) atoms. The summed E-state index contributed by atoms with van der Waals surface area (Å²) >= 11 is 1.25. The summed E-state index contributed by atoms with van der Waals surface area (Å²) in [5, 5.41) is 7.09. The quantitative estimate of drug-likeness (QED) is 0.833. The summed E-state index contributed by atoms with van der Waals surface area (Å²) in [6.07, 6.45) is 1.60. The van der Waals surface area contributed by atoms with Gasteiger partial charge in [0.2, 0.25) is 0 Å². The van der Waals surface area contributed by atoms with Crippen molar-refractivity contribution in [3.8, 4) is 0 Å². The van der Waals surface area contributed by atoms with Gasteiger partial charge in [-0.2, -0.15) is 5.10 Å². The number of aromatic nitrogens is 2. The van der Waals surface area contributed by atoms with Crippen molar-refractivity contribution in [3.63, 3.8) is 0 Å². The molecule has 3 heterocycles. The summed E-state index contributed by atoms with van der Waals surface area (Å²) in [6.45, 7) is 2.79. The Hall–Kier alpha value is -2.88. The first-order valence-corrected chi connectivity index (χ1v) is 8.89. The van der Waals surface area contributed by atoms with Crippen LogP contribution in [-0.2, 0) is 24.8 Å². The monoisotopic (exact) mass is 377 g/mol. The first-order chi connectivity index (χ1) is 12.4. The van der Waals surface area contributed by atoms with E-state index >= 15 is 0 Å². The molecule has 1 aliphatic rings. The van der Waals surface area contributed by atoms with Crippen LogP contribution in [0.4, 0.5) is 9.80 Å². The first kappa shape index (κ1) is 17.9. The Morgan fingerprint density at radius 2 is 2.19 bits per heavy atom. The van der Waals surface area contributed by atoms with Crippen LogP contribution in [0.5, 0.6) is 0 Å².